The van der Waals surface area contributed by atoms with Crippen molar-refractivity contribution in [2.45, 2.75) is 26.8 Å². The van der Waals surface area contributed by atoms with E-state index in [2.05, 4.69) is 36.9 Å². The Balaban J connectivity index is 2.51. The van der Waals surface area contributed by atoms with Crippen molar-refractivity contribution in [3.63, 3.8) is 0 Å². The van der Waals surface area contributed by atoms with Gasteiger partial charge in [-0.3, -0.25) is 0 Å². The highest BCUT2D eigenvalue weighted by molar-refractivity contribution is 7.89. The fourth-order valence-electron chi connectivity index (χ4n) is 1.70. The normalized spacial score (nSPS) is 13.9. The Labute approximate surface area is 107 Å². The van der Waals surface area contributed by atoms with Crippen LogP contribution in [0.2, 0.25) is 0 Å². The van der Waals surface area contributed by atoms with E-state index in [1.807, 2.05) is 0 Å². The molecule has 0 fully saturated rings. The fourth-order valence-corrected chi connectivity index (χ4v) is 3.32. The van der Waals surface area contributed by atoms with Gasteiger partial charge in [0.15, 0.2) is 0 Å². The van der Waals surface area contributed by atoms with Crippen molar-refractivity contribution >= 4 is 21.4 Å². The van der Waals surface area contributed by atoms with Crippen molar-refractivity contribution < 1.29 is 8.42 Å². The molecule has 0 amide bonds. The molecule has 1 atom stereocenters. The van der Waals surface area contributed by atoms with Crippen LogP contribution in [0.1, 0.15) is 28.3 Å². The topological polar surface area (TPSA) is 58.2 Å². The summed E-state index contributed by atoms with van der Waals surface area (Å²) in [5.41, 5.74) is 1.26. The molecule has 0 spiro atoms. The first-order valence-electron chi connectivity index (χ1n) is 5.57. The van der Waals surface area contributed by atoms with Crippen LogP contribution in [0.25, 0.3) is 0 Å². The number of sulfonamides is 1. The van der Waals surface area contributed by atoms with E-state index >= 15 is 0 Å². The first-order valence-corrected chi connectivity index (χ1v) is 8.04. The highest BCUT2D eigenvalue weighted by Gasteiger charge is 2.12. The molecule has 0 aliphatic carbocycles. The molecule has 4 nitrogen and oxygen atoms in total. The number of hydrogen-bond donors (Lipinski definition) is 2. The lowest BCUT2D eigenvalue weighted by Gasteiger charge is -2.13. The molecule has 2 N–H and O–H groups in total. The van der Waals surface area contributed by atoms with Gasteiger partial charge in [0.05, 0.1) is 5.75 Å². The van der Waals surface area contributed by atoms with Gasteiger partial charge in [0.2, 0.25) is 10.0 Å². The van der Waals surface area contributed by atoms with Crippen LogP contribution in [0.5, 0.6) is 0 Å². The molecular formula is C11H20N2O2S2. The van der Waals surface area contributed by atoms with Gasteiger partial charge in [-0.05, 0) is 39.4 Å². The average Bonchev–Trinajstić information content (AvgIpc) is 2.57. The molecule has 0 aliphatic rings. The molecule has 1 aromatic rings. The number of nitrogens with one attached hydrogen (secondary N) is 2. The average molecular weight is 276 g/mol. The third-order valence-electron chi connectivity index (χ3n) is 2.68. The summed E-state index contributed by atoms with van der Waals surface area (Å²) < 4.78 is 24.8. The molecule has 0 radical (unpaired) electrons. The first kappa shape index (κ1) is 14.6. The van der Waals surface area contributed by atoms with Crippen LogP contribution in [0, 0.1) is 13.8 Å². The number of rotatable bonds is 6. The van der Waals surface area contributed by atoms with Crippen LogP contribution in [-0.2, 0) is 10.0 Å². The van der Waals surface area contributed by atoms with Gasteiger partial charge in [0.25, 0.3) is 0 Å². The van der Waals surface area contributed by atoms with Gasteiger partial charge in [-0.25, -0.2) is 13.1 Å². The Kier molecular flexibility index (Phi) is 5.12. The van der Waals surface area contributed by atoms with Gasteiger partial charge in [-0.2, -0.15) is 0 Å². The lowest BCUT2D eigenvalue weighted by Crippen LogP contribution is -2.30. The molecule has 0 saturated heterocycles. The first-order chi connectivity index (χ1) is 7.85. The zero-order valence-corrected chi connectivity index (χ0v) is 12.3. The predicted molar refractivity (Wildman–Crippen MR) is 73.1 cm³/mol. The monoisotopic (exact) mass is 276 g/mol. The van der Waals surface area contributed by atoms with Crippen molar-refractivity contribution in [3.8, 4) is 0 Å². The highest BCUT2D eigenvalue weighted by atomic mass is 32.2. The fraction of sp³-hybridized carbons (Fsp3) is 0.636. The van der Waals surface area contributed by atoms with E-state index in [1.165, 1.54) is 22.4 Å². The molecule has 6 heteroatoms. The van der Waals surface area contributed by atoms with Crippen LogP contribution in [0.4, 0.5) is 0 Å². The maximum absolute atomic E-state index is 11.2. The van der Waals surface area contributed by atoms with Crippen molar-refractivity contribution in [2.75, 3.05) is 19.3 Å². The molecule has 1 aromatic heterocycles. The zero-order chi connectivity index (χ0) is 13.1. The maximum Gasteiger partial charge on any atom is 0.212 e. The largest absolute Gasteiger partial charge is 0.309 e. The lowest BCUT2D eigenvalue weighted by molar-refractivity contribution is 0.567. The second-order valence-electron chi connectivity index (χ2n) is 4.07. The Bertz CT molecular complexity index is 466. The van der Waals surface area contributed by atoms with Crippen LogP contribution >= 0.6 is 11.3 Å². The minimum atomic E-state index is -3.11. The van der Waals surface area contributed by atoms with Crippen LogP contribution in [0.3, 0.4) is 0 Å². The molecule has 17 heavy (non-hydrogen) atoms. The zero-order valence-electron chi connectivity index (χ0n) is 10.7. The summed E-state index contributed by atoms with van der Waals surface area (Å²) >= 11 is 1.77. The summed E-state index contributed by atoms with van der Waals surface area (Å²) in [6.45, 7) is 6.69. The smallest absolute Gasteiger partial charge is 0.212 e. The third-order valence-corrected chi connectivity index (χ3v) is 5.02. The summed E-state index contributed by atoms with van der Waals surface area (Å²) in [5, 5.41) is 3.23. The van der Waals surface area contributed by atoms with E-state index in [1.54, 1.807) is 11.3 Å². The third kappa shape index (κ3) is 4.39. The van der Waals surface area contributed by atoms with E-state index in [-0.39, 0.29) is 11.8 Å². The van der Waals surface area contributed by atoms with Gasteiger partial charge < -0.3 is 5.32 Å². The predicted octanol–water partition coefficient (Wildman–Crippen LogP) is 1.56. The van der Waals surface area contributed by atoms with Crippen LogP contribution in [-0.4, -0.2) is 27.8 Å². The summed E-state index contributed by atoms with van der Waals surface area (Å²) in [6.07, 6.45) is 0. The van der Waals surface area contributed by atoms with Crippen molar-refractivity contribution in [1.29, 1.82) is 0 Å². The number of hydrogen-bond acceptors (Lipinski definition) is 4. The number of aryl methyl sites for hydroxylation is 2. The molecule has 98 valence electrons. The van der Waals surface area contributed by atoms with Crippen molar-refractivity contribution in [1.82, 2.24) is 10.0 Å². The SMILES string of the molecule is CNS(=O)(=O)CCNC(C)c1cc(C)sc1C. The lowest BCUT2D eigenvalue weighted by atomic mass is 10.1. The minimum Gasteiger partial charge on any atom is -0.309 e. The molecule has 1 unspecified atom stereocenters. The Morgan fingerprint density at radius 3 is 2.53 bits per heavy atom. The molecule has 0 aliphatic heterocycles. The Hall–Kier alpha value is -0.430. The molecular weight excluding hydrogens is 256 g/mol. The molecule has 0 saturated carbocycles. The van der Waals surface area contributed by atoms with Gasteiger partial charge in [-0.1, -0.05) is 0 Å². The summed E-state index contributed by atoms with van der Waals surface area (Å²) in [6, 6.07) is 2.34. The summed E-state index contributed by atoms with van der Waals surface area (Å²) in [5.74, 6) is 0.107. The quantitative estimate of drug-likeness (QED) is 0.829. The number of thiophene rings is 1. The Morgan fingerprint density at radius 1 is 1.41 bits per heavy atom. The maximum atomic E-state index is 11.2. The van der Waals surface area contributed by atoms with E-state index in [9.17, 15) is 8.42 Å². The highest BCUT2D eigenvalue weighted by Crippen LogP contribution is 2.25. The second kappa shape index (κ2) is 5.95. The van der Waals surface area contributed by atoms with E-state index in [0.717, 1.165) is 0 Å². The standard InChI is InChI=1S/C11H20N2O2S2/c1-8-7-11(10(3)16-8)9(2)13-5-6-17(14,15)12-4/h7,9,12-13H,5-6H2,1-4H3. The van der Waals surface area contributed by atoms with Gasteiger partial charge in [0, 0.05) is 22.3 Å². The Morgan fingerprint density at radius 2 is 2.06 bits per heavy atom. The van der Waals surface area contributed by atoms with Crippen molar-refractivity contribution in [2.24, 2.45) is 0 Å². The summed E-state index contributed by atoms with van der Waals surface area (Å²) in [7, 11) is -1.68. The van der Waals surface area contributed by atoms with Crippen molar-refractivity contribution in [3.05, 3.63) is 21.4 Å². The second-order valence-corrected chi connectivity index (χ2v) is 7.57. The molecule has 0 aromatic carbocycles. The molecule has 1 rings (SSSR count). The molecule has 0 bridgehead atoms. The summed E-state index contributed by atoms with van der Waals surface area (Å²) in [4.78, 5) is 2.58. The minimum absolute atomic E-state index is 0.107. The van der Waals surface area contributed by atoms with E-state index < -0.39 is 10.0 Å². The van der Waals surface area contributed by atoms with E-state index in [4.69, 9.17) is 0 Å². The van der Waals surface area contributed by atoms with Crippen LogP contribution < -0.4 is 10.0 Å². The van der Waals surface area contributed by atoms with Gasteiger partial charge >= 0.3 is 0 Å². The molecule has 1 heterocycles. The van der Waals surface area contributed by atoms with Gasteiger partial charge in [0.1, 0.15) is 0 Å². The van der Waals surface area contributed by atoms with Gasteiger partial charge in [-0.15, -0.1) is 11.3 Å². The van der Waals surface area contributed by atoms with E-state index in [0.29, 0.717) is 6.54 Å². The van der Waals surface area contributed by atoms with Crippen LogP contribution in [0.15, 0.2) is 6.07 Å².